The van der Waals surface area contributed by atoms with Crippen molar-refractivity contribution in [3.63, 3.8) is 0 Å². The van der Waals surface area contributed by atoms with E-state index < -0.39 is 8.60 Å². The molecule has 0 saturated heterocycles. The van der Waals surface area contributed by atoms with Gasteiger partial charge in [-0.2, -0.15) is 0 Å². The molecule has 0 heterocycles. The van der Waals surface area contributed by atoms with Gasteiger partial charge < -0.3 is 13.6 Å². The van der Waals surface area contributed by atoms with Gasteiger partial charge in [0.15, 0.2) is 0 Å². The molecule has 0 fully saturated rings. The van der Waals surface area contributed by atoms with E-state index in [1.54, 1.807) is 6.26 Å². The third-order valence-electron chi connectivity index (χ3n) is 3.20. The summed E-state index contributed by atoms with van der Waals surface area (Å²) >= 11 is 0. The Morgan fingerprint density at radius 3 is 1.74 bits per heavy atom. The van der Waals surface area contributed by atoms with Gasteiger partial charge in [0.2, 0.25) is 0 Å². The van der Waals surface area contributed by atoms with Gasteiger partial charge in [-0.1, -0.05) is 60.7 Å². The Hall–Kier alpha value is -1.67. The van der Waals surface area contributed by atoms with Crippen LogP contribution in [0.2, 0.25) is 0 Å². The Bertz CT molecular complexity index is 526. The van der Waals surface area contributed by atoms with Crippen LogP contribution in [0.5, 0.6) is 0 Å². The normalized spacial score (nSPS) is 11.5. The summed E-state index contributed by atoms with van der Waals surface area (Å²) in [7, 11) is -1.32. The molecule has 0 N–H and O–H groups in total. The van der Waals surface area contributed by atoms with Crippen LogP contribution in [-0.4, -0.2) is 13.2 Å². The fourth-order valence-corrected chi connectivity index (χ4v) is 3.00. The zero-order valence-corrected chi connectivity index (χ0v) is 14.5. The van der Waals surface area contributed by atoms with Gasteiger partial charge in [0.1, 0.15) is 0 Å². The molecule has 0 aliphatic heterocycles. The van der Waals surface area contributed by atoms with E-state index in [4.69, 9.17) is 13.6 Å². The van der Waals surface area contributed by atoms with Gasteiger partial charge in [0, 0.05) is 5.92 Å². The predicted octanol–water partition coefficient (Wildman–Crippen LogP) is 5.65. The Morgan fingerprint density at radius 2 is 1.30 bits per heavy atom. The highest BCUT2D eigenvalue weighted by Gasteiger charge is 2.13. The third-order valence-corrected chi connectivity index (χ3v) is 4.44. The largest absolute Gasteiger partial charge is 0.435 e. The van der Waals surface area contributed by atoms with Gasteiger partial charge in [-0.05, 0) is 31.1 Å². The number of allylic oxidation sites excluding steroid dienone is 1. The number of rotatable bonds is 9. The quantitative estimate of drug-likeness (QED) is 0.439. The second-order valence-electron chi connectivity index (χ2n) is 4.79. The molecule has 122 valence electrons. The van der Waals surface area contributed by atoms with Crippen molar-refractivity contribution in [1.82, 2.24) is 0 Å². The lowest BCUT2D eigenvalue weighted by Gasteiger charge is -2.16. The molecule has 0 amide bonds. The molecule has 0 bridgehead atoms. The summed E-state index contributed by atoms with van der Waals surface area (Å²) in [5.41, 5.74) is 2.44. The van der Waals surface area contributed by atoms with Crippen LogP contribution in [-0.2, 0) is 13.6 Å². The van der Waals surface area contributed by atoms with Crippen LogP contribution < -0.4 is 0 Å². The second-order valence-corrected chi connectivity index (χ2v) is 5.97. The number of benzene rings is 2. The molecule has 0 atom stereocenters. The summed E-state index contributed by atoms with van der Waals surface area (Å²) < 4.78 is 16.5. The SMILES string of the molecule is CCOP(OC=CC(c1ccccc1)c1ccccc1)OCC. The third kappa shape index (κ3) is 5.80. The topological polar surface area (TPSA) is 27.7 Å². The molecule has 0 spiro atoms. The molecule has 0 saturated carbocycles. The van der Waals surface area contributed by atoms with E-state index in [1.807, 2.05) is 56.3 Å². The average Bonchev–Trinajstić information content (AvgIpc) is 2.60. The molecule has 2 rings (SSSR count). The summed E-state index contributed by atoms with van der Waals surface area (Å²) in [6, 6.07) is 20.7. The van der Waals surface area contributed by atoms with Gasteiger partial charge in [0.05, 0.1) is 19.5 Å². The first-order valence-electron chi connectivity index (χ1n) is 7.84. The zero-order chi connectivity index (χ0) is 16.3. The Balaban J connectivity index is 2.13. The maximum Gasteiger partial charge on any atom is 0.396 e. The van der Waals surface area contributed by atoms with Crippen LogP contribution in [0.15, 0.2) is 73.0 Å². The smallest absolute Gasteiger partial charge is 0.396 e. The van der Waals surface area contributed by atoms with Crippen LogP contribution in [0, 0.1) is 0 Å². The minimum atomic E-state index is -1.32. The molecule has 3 nitrogen and oxygen atoms in total. The molecular formula is C19H23O3P. The minimum absolute atomic E-state index is 0.137. The molecule has 0 aliphatic carbocycles. The molecule has 2 aromatic carbocycles. The molecule has 4 heteroatoms. The summed E-state index contributed by atoms with van der Waals surface area (Å²) in [5.74, 6) is 0.137. The summed E-state index contributed by atoms with van der Waals surface area (Å²) in [5, 5.41) is 0. The second kappa shape index (κ2) is 10.2. The lowest BCUT2D eigenvalue weighted by Crippen LogP contribution is -1.98. The summed E-state index contributed by atoms with van der Waals surface area (Å²) in [6.45, 7) is 5.00. The summed E-state index contributed by atoms with van der Waals surface area (Å²) in [6.07, 6.45) is 3.74. The van der Waals surface area contributed by atoms with E-state index >= 15 is 0 Å². The lowest BCUT2D eigenvalue weighted by atomic mass is 9.91. The molecular weight excluding hydrogens is 307 g/mol. The van der Waals surface area contributed by atoms with Gasteiger partial charge in [-0.15, -0.1) is 0 Å². The maximum atomic E-state index is 5.64. The molecule has 0 aromatic heterocycles. The predicted molar refractivity (Wildman–Crippen MR) is 95.1 cm³/mol. The highest BCUT2D eigenvalue weighted by molar-refractivity contribution is 7.41. The first kappa shape index (κ1) is 17.7. The molecule has 0 unspecified atom stereocenters. The zero-order valence-electron chi connectivity index (χ0n) is 13.6. The van der Waals surface area contributed by atoms with E-state index in [0.717, 1.165) is 0 Å². The average molecular weight is 330 g/mol. The van der Waals surface area contributed by atoms with Crippen molar-refractivity contribution in [2.24, 2.45) is 0 Å². The van der Waals surface area contributed by atoms with E-state index in [9.17, 15) is 0 Å². The molecule has 2 aromatic rings. The van der Waals surface area contributed by atoms with Crippen LogP contribution in [0.4, 0.5) is 0 Å². The van der Waals surface area contributed by atoms with Gasteiger partial charge in [0.25, 0.3) is 0 Å². The van der Waals surface area contributed by atoms with Crippen LogP contribution >= 0.6 is 8.60 Å². The van der Waals surface area contributed by atoms with Crippen molar-refractivity contribution in [3.05, 3.63) is 84.1 Å². The molecule has 23 heavy (non-hydrogen) atoms. The van der Waals surface area contributed by atoms with E-state index in [2.05, 4.69) is 24.3 Å². The van der Waals surface area contributed by atoms with Gasteiger partial charge in [-0.25, -0.2) is 0 Å². The Morgan fingerprint density at radius 1 is 0.826 bits per heavy atom. The number of hydrogen-bond acceptors (Lipinski definition) is 3. The molecule has 0 aliphatic rings. The first-order valence-corrected chi connectivity index (χ1v) is 8.94. The minimum Gasteiger partial charge on any atom is -0.435 e. The van der Waals surface area contributed by atoms with Gasteiger partial charge >= 0.3 is 8.60 Å². The van der Waals surface area contributed by atoms with Gasteiger partial charge in [-0.3, -0.25) is 0 Å². The van der Waals surface area contributed by atoms with Crippen molar-refractivity contribution in [2.45, 2.75) is 19.8 Å². The highest BCUT2D eigenvalue weighted by atomic mass is 31.2. The van der Waals surface area contributed by atoms with Crippen LogP contribution in [0.25, 0.3) is 0 Å². The van der Waals surface area contributed by atoms with Crippen molar-refractivity contribution < 1.29 is 13.6 Å². The fraction of sp³-hybridized carbons (Fsp3) is 0.263. The Labute approximate surface area is 139 Å². The monoisotopic (exact) mass is 330 g/mol. The van der Waals surface area contributed by atoms with Crippen molar-refractivity contribution >= 4 is 8.60 Å². The summed E-state index contributed by atoms with van der Waals surface area (Å²) in [4.78, 5) is 0. The standard InChI is InChI=1S/C19H23O3P/c1-3-20-23(21-4-2)22-16-15-19(17-11-7-5-8-12-17)18-13-9-6-10-14-18/h5-16,19H,3-4H2,1-2H3. The van der Waals surface area contributed by atoms with Crippen molar-refractivity contribution in [1.29, 1.82) is 0 Å². The Kier molecular flexibility index (Phi) is 7.82. The van der Waals surface area contributed by atoms with Crippen LogP contribution in [0.3, 0.4) is 0 Å². The van der Waals surface area contributed by atoms with E-state index in [0.29, 0.717) is 13.2 Å². The molecule has 0 radical (unpaired) electrons. The number of hydrogen-bond donors (Lipinski definition) is 0. The highest BCUT2D eigenvalue weighted by Crippen LogP contribution is 2.40. The fourth-order valence-electron chi connectivity index (χ4n) is 2.21. The van der Waals surface area contributed by atoms with E-state index in [-0.39, 0.29) is 5.92 Å². The van der Waals surface area contributed by atoms with Crippen molar-refractivity contribution in [3.8, 4) is 0 Å². The van der Waals surface area contributed by atoms with Crippen LogP contribution in [0.1, 0.15) is 30.9 Å². The van der Waals surface area contributed by atoms with E-state index in [1.165, 1.54) is 11.1 Å². The lowest BCUT2D eigenvalue weighted by molar-refractivity contribution is 0.207. The first-order chi connectivity index (χ1) is 11.3. The maximum absolute atomic E-state index is 5.64. The van der Waals surface area contributed by atoms with Crippen molar-refractivity contribution in [2.75, 3.05) is 13.2 Å².